The standard InChI is InChI=1S/C15H22N2OS/c1-10-5-6-11-12(9-10)19-14(16)13(11)15(18)17-7-3-2-4-8-17/h10H,2-9,16H2,1H3/t10-/m0/s1. The number of rotatable bonds is 1. The van der Waals surface area contributed by atoms with E-state index < -0.39 is 0 Å². The lowest BCUT2D eigenvalue weighted by molar-refractivity contribution is 0.0724. The minimum atomic E-state index is 0.184. The van der Waals surface area contributed by atoms with Gasteiger partial charge in [-0.2, -0.15) is 0 Å². The number of nitrogen functional groups attached to an aromatic ring is 1. The van der Waals surface area contributed by atoms with Gasteiger partial charge in [-0.25, -0.2) is 0 Å². The second kappa shape index (κ2) is 5.16. The molecule has 1 amide bonds. The lowest BCUT2D eigenvalue weighted by atomic mass is 9.88. The Balaban J connectivity index is 1.90. The third kappa shape index (κ3) is 2.38. The highest BCUT2D eigenvalue weighted by Crippen LogP contribution is 2.38. The monoisotopic (exact) mass is 278 g/mol. The van der Waals surface area contributed by atoms with Gasteiger partial charge in [-0.15, -0.1) is 11.3 Å². The summed E-state index contributed by atoms with van der Waals surface area (Å²) in [5, 5.41) is 0.745. The summed E-state index contributed by atoms with van der Waals surface area (Å²) in [5.41, 5.74) is 8.25. The van der Waals surface area contributed by atoms with Crippen molar-refractivity contribution < 1.29 is 4.79 Å². The first-order chi connectivity index (χ1) is 9.16. The van der Waals surface area contributed by atoms with E-state index >= 15 is 0 Å². The number of carbonyl (C=O) groups excluding carboxylic acids is 1. The molecule has 1 atom stereocenters. The highest BCUT2D eigenvalue weighted by molar-refractivity contribution is 7.16. The maximum Gasteiger partial charge on any atom is 0.257 e. The van der Waals surface area contributed by atoms with Crippen LogP contribution in [-0.2, 0) is 12.8 Å². The van der Waals surface area contributed by atoms with Gasteiger partial charge in [0.1, 0.15) is 0 Å². The van der Waals surface area contributed by atoms with Crippen LogP contribution in [0.15, 0.2) is 0 Å². The third-order valence-corrected chi connectivity index (χ3v) is 5.48. The highest BCUT2D eigenvalue weighted by atomic mass is 32.1. The molecule has 1 saturated heterocycles. The second-order valence-electron chi connectivity index (χ2n) is 5.94. The number of likely N-dealkylation sites (tertiary alicyclic amines) is 1. The van der Waals surface area contributed by atoms with Crippen molar-refractivity contribution in [2.75, 3.05) is 18.8 Å². The highest BCUT2D eigenvalue weighted by Gasteiger charge is 2.29. The average Bonchev–Trinajstić information content (AvgIpc) is 2.74. The van der Waals surface area contributed by atoms with Gasteiger partial charge >= 0.3 is 0 Å². The van der Waals surface area contributed by atoms with Crippen molar-refractivity contribution in [3.63, 3.8) is 0 Å². The predicted molar refractivity (Wildman–Crippen MR) is 79.7 cm³/mol. The first kappa shape index (κ1) is 13.0. The van der Waals surface area contributed by atoms with Gasteiger partial charge in [0.05, 0.1) is 10.6 Å². The summed E-state index contributed by atoms with van der Waals surface area (Å²) in [5.74, 6) is 0.910. The van der Waals surface area contributed by atoms with Crippen molar-refractivity contribution in [2.45, 2.75) is 45.4 Å². The molecule has 0 radical (unpaired) electrons. The zero-order valence-corrected chi connectivity index (χ0v) is 12.4. The summed E-state index contributed by atoms with van der Waals surface area (Å²) in [6, 6.07) is 0. The molecular formula is C15H22N2OS. The summed E-state index contributed by atoms with van der Waals surface area (Å²) in [4.78, 5) is 16.0. The Bertz CT molecular complexity index is 489. The van der Waals surface area contributed by atoms with Crippen LogP contribution >= 0.6 is 11.3 Å². The molecule has 0 saturated carbocycles. The molecule has 4 heteroatoms. The molecule has 1 aliphatic carbocycles. The lowest BCUT2D eigenvalue weighted by Gasteiger charge is -2.27. The molecule has 1 aliphatic heterocycles. The Hall–Kier alpha value is -1.03. The lowest BCUT2D eigenvalue weighted by Crippen LogP contribution is -2.36. The van der Waals surface area contributed by atoms with E-state index in [4.69, 9.17) is 5.73 Å². The number of hydrogen-bond acceptors (Lipinski definition) is 3. The first-order valence-electron chi connectivity index (χ1n) is 7.36. The van der Waals surface area contributed by atoms with Gasteiger partial charge in [-0.1, -0.05) is 6.92 Å². The summed E-state index contributed by atoms with van der Waals surface area (Å²) < 4.78 is 0. The first-order valence-corrected chi connectivity index (χ1v) is 8.17. The molecule has 104 valence electrons. The van der Waals surface area contributed by atoms with E-state index in [1.54, 1.807) is 11.3 Å². The number of piperidine rings is 1. The molecule has 1 aromatic rings. The van der Waals surface area contributed by atoms with Gasteiger partial charge in [0, 0.05) is 18.0 Å². The number of hydrogen-bond donors (Lipinski definition) is 1. The van der Waals surface area contributed by atoms with Crippen molar-refractivity contribution in [2.24, 2.45) is 5.92 Å². The third-order valence-electron chi connectivity index (χ3n) is 4.40. The molecule has 1 fully saturated rings. The maximum atomic E-state index is 12.7. The van der Waals surface area contributed by atoms with Crippen molar-refractivity contribution in [1.29, 1.82) is 0 Å². The van der Waals surface area contributed by atoms with E-state index in [2.05, 4.69) is 6.92 Å². The van der Waals surface area contributed by atoms with E-state index in [0.717, 1.165) is 55.3 Å². The van der Waals surface area contributed by atoms with Crippen LogP contribution in [0, 0.1) is 5.92 Å². The van der Waals surface area contributed by atoms with Crippen LogP contribution < -0.4 is 5.73 Å². The Morgan fingerprint density at radius 1 is 1.32 bits per heavy atom. The number of nitrogens with two attached hydrogens (primary N) is 1. The molecule has 0 aromatic carbocycles. The van der Waals surface area contributed by atoms with Gasteiger partial charge < -0.3 is 10.6 Å². The van der Waals surface area contributed by atoms with E-state index in [-0.39, 0.29) is 5.91 Å². The fourth-order valence-corrected chi connectivity index (χ4v) is 4.53. The minimum absolute atomic E-state index is 0.184. The van der Waals surface area contributed by atoms with E-state index in [0.29, 0.717) is 0 Å². The smallest absolute Gasteiger partial charge is 0.257 e. The molecule has 3 nitrogen and oxygen atoms in total. The number of anilines is 1. The quantitative estimate of drug-likeness (QED) is 0.858. The minimum Gasteiger partial charge on any atom is -0.390 e. The van der Waals surface area contributed by atoms with Crippen molar-refractivity contribution in [3.8, 4) is 0 Å². The van der Waals surface area contributed by atoms with E-state index in [1.807, 2.05) is 4.90 Å². The molecule has 2 heterocycles. The molecule has 19 heavy (non-hydrogen) atoms. The van der Waals surface area contributed by atoms with Crippen molar-refractivity contribution >= 4 is 22.2 Å². The summed E-state index contributed by atoms with van der Waals surface area (Å²) in [6.45, 7) is 4.09. The van der Waals surface area contributed by atoms with Crippen molar-refractivity contribution in [3.05, 3.63) is 16.0 Å². The Morgan fingerprint density at radius 3 is 2.79 bits per heavy atom. The SMILES string of the molecule is C[C@H]1CCc2c(sc(N)c2C(=O)N2CCCCC2)C1. The topological polar surface area (TPSA) is 46.3 Å². The molecular weight excluding hydrogens is 256 g/mol. The van der Waals surface area contributed by atoms with Gasteiger partial charge in [-0.05, 0) is 50.0 Å². The molecule has 0 bridgehead atoms. The molecule has 1 aromatic heterocycles. The maximum absolute atomic E-state index is 12.7. The van der Waals surface area contributed by atoms with Crippen LogP contribution in [0.5, 0.6) is 0 Å². The van der Waals surface area contributed by atoms with E-state index in [1.165, 1.54) is 23.3 Å². The van der Waals surface area contributed by atoms with Gasteiger partial charge in [0.25, 0.3) is 5.91 Å². The fraction of sp³-hybridized carbons (Fsp3) is 0.667. The number of nitrogens with zero attached hydrogens (tertiary/aromatic N) is 1. The van der Waals surface area contributed by atoms with Crippen LogP contribution in [0.4, 0.5) is 5.00 Å². The van der Waals surface area contributed by atoms with Gasteiger partial charge in [0.2, 0.25) is 0 Å². The fourth-order valence-electron chi connectivity index (χ4n) is 3.26. The van der Waals surface area contributed by atoms with Gasteiger partial charge in [0.15, 0.2) is 0 Å². The molecule has 0 spiro atoms. The predicted octanol–water partition coefficient (Wildman–Crippen LogP) is 3.08. The summed E-state index contributed by atoms with van der Waals surface area (Å²) in [7, 11) is 0. The zero-order valence-electron chi connectivity index (χ0n) is 11.6. The Labute approximate surface area is 118 Å². The molecule has 0 unspecified atom stereocenters. The van der Waals surface area contributed by atoms with Crippen LogP contribution in [0.2, 0.25) is 0 Å². The second-order valence-corrected chi connectivity index (χ2v) is 7.08. The van der Waals surface area contributed by atoms with E-state index in [9.17, 15) is 4.79 Å². The Kier molecular flexibility index (Phi) is 3.52. The molecule has 2 N–H and O–H groups in total. The van der Waals surface area contributed by atoms with Crippen LogP contribution in [-0.4, -0.2) is 23.9 Å². The normalized spacial score (nSPS) is 23.2. The van der Waals surface area contributed by atoms with Crippen molar-refractivity contribution in [1.82, 2.24) is 4.90 Å². The molecule has 3 rings (SSSR count). The van der Waals surface area contributed by atoms with Crippen LogP contribution in [0.25, 0.3) is 0 Å². The van der Waals surface area contributed by atoms with Crippen LogP contribution in [0.3, 0.4) is 0 Å². The number of carbonyl (C=O) groups is 1. The number of amides is 1. The largest absolute Gasteiger partial charge is 0.390 e. The Morgan fingerprint density at radius 2 is 2.05 bits per heavy atom. The van der Waals surface area contributed by atoms with Gasteiger partial charge in [-0.3, -0.25) is 4.79 Å². The van der Waals surface area contributed by atoms with Crippen LogP contribution in [0.1, 0.15) is 53.4 Å². The summed E-state index contributed by atoms with van der Waals surface area (Å²) in [6.07, 6.45) is 6.82. The zero-order chi connectivity index (χ0) is 13.4. The number of fused-ring (bicyclic) bond motifs is 1. The summed E-state index contributed by atoms with van der Waals surface area (Å²) >= 11 is 1.64. The average molecular weight is 278 g/mol. The number of thiophene rings is 1. The molecule has 2 aliphatic rings.